The third-order valence-corrected chi connectivity index (χ3v) is 4.34. The van der Waals surface area contributed by atoms with Crippen LogP contribution < -0.4 is 5.32 Å². The summed E-state index contributed by atoms with van der Waals surface area (Å²) >= 11 is 11.3. The van der Waals surface area contributed by atoms with Gasteiger partial charge in [-0.15, -0.1) is 0 Å². The average Bonchev–Trinajstić information content (AvgIpc) is 2.60. The molecule has 0 aliphatic heterocycles. The van der Waals surface area contributed by atoms with Crippen molar-refractivity contribution in [2.24, 2.45) is 5.92 Å². The maximum atomic E-state index is 13.6. The van der Waals surface area contributed by atoms with Crippen molar-refractivity contribution < 1.29 is 14.0 Å². The van der Waals surface area contributed by atoms with Crippen LogP contribution in [0.15, 0.2) is 18.3 Å². The highest BCUT2D eigenvalue weighted by Gasteiger charge is 2.31. The molecule has 2 rings (SSSR count). The van der Waals surface area contributed by atoms with Crippen molar-refractivity contribution in [1.82, 2.24) is 9.97 Å². The van der Waals surface area contributed by atoms with Crippen LogP contribution in [0, 0.1) is 30.0 Å². The number of aryl methyl sites for hydroxylation is 1. The van der Waals surface area contributed by atoms with E-state index in [2.05, 4.69) is 15.3 Å². The SMILES string of the molecule is Cc1ccnc(C(C)C)c1NC(=O)C(C#N)C(=O)c1cc(F)c(Cl)nc1Cl. The molecule has 140 valence electrons. The number of nitrogens with zero attached hydrogens (tertiary/aromatic N) is 3. The van der Waals surface area contributed by atoms with Gasteiger partial charge in [0.05, 0.1) is 23.0 Å². The highest BCUT2D eigenvalue weighted by molar-refractivity contribution is 6.35. The van der Waals surface area contributed by atoms with Crippen molar-refractivity contribution in [3.63, 3.8) is 0 Å². The minimum Gasteiger partial charge on any atom is -0.323 e. The van der Waals surface area contributed by atoms with E-state index in [0.717, 1.165) is 11.6 Å². The predicted molar refractivity (Wildman–Crippen MR) is 99.3 cm³/mol. The topological polar surface area (TPSA) is 95.7 Å². The lowest BCUT2D eigenvalue weighted by atomic mass is 9.98. The molecule has 1 atom stereocenters. The Labute approximate surface area is 165 Å². The highest BCUT2D eigenvalue weighted by Crippen LogP contribution is 2.27. The number of halogens is 3. The van der Waals surface area contributed by atoms with Gasteiger partial charge in [0, 0.05) is 6.20 Å². The number of aromatic nitrogens is 2. The van der Waals surface area contributed by atoms with E-state index in [4.69, 9.17) is 23.2 Å². The molecular formula is C18H15Cl2FN4O2. The first kappa shape index (κ1) is 20.7. The molecule has 1 amide bonds. The second-order valence-electron chi connectivity index (χ2n) is 6.06. The molecule has 2 aromatic rings. The van der Waals surface area contributed by atoms with Crippen LogP contribution >= 0.6 is 23.2 Å². The fourth-order valence-corrected chi connectivity index (χ4v) is 2.80. The van der Waals surface area contributed by atoms with Gasteiger partial charge in [0.25, 0.3) is 0 Å². The largest absolute Gasteiger partial charge is 0.323 e. The van der Waals surface area contributed by atoms with Crippen LogP contribution in [0.3, 0.4) is 0 Å². The summed E-state index contributed by atoms with van der Waals surface area (Å²) in [6, 6.07) is 4.08. The van der Waals surface area contributed by atoms with Crippen LogP contribution in [0.2, 0.25) is 10.3 Å². The van der Waals surface area contributed by atoms with Crippen LogP contribution in [0.1, 0.15) is 41.4 Å². The smallest absolute Gasteiger partial charge is 0.249 e. The van der Waals surface area contributed by atoms with Gasteiger partial charge in [-0.1, -0.05) is 37.0 Å². The zero-order valence-corrected chi connectivity index (χ0v) is 16.2. The van der Waals surface area contributed by atoms with Crippen molar-refractivity contribution >= 4 is 40.6 Å². The summed E-state index contributed by atoms with van der Waals surface area (Å²) in [5.74, 6) is -4.57. The van der Waals surface area contributed by atoms with Gasteiger partial charge in [-0.3, -0.25) is 14.6 Å². The summed E-state index contributed by atoms with van der Waals surface area (Å²) in [6.07, 6.45) is 1.61. The van der Waals surface area contributed by atoms with E-state index in [1.54, 1.807) is 25.3 Å². The number of nitrogens with one attached hydrogen (secondary N) is 1. The number of ketones is 1. The van der Waals surface area contributed by atoms with Gasteiger partial charge in [0.2, 0.25) is 5.91 Å². The van der Waals surface area contributed by atoms with Crippen molar-refractivity contribution in [1.29, 1.82) is 5.26 Å². The maximum Gasteiger partial charge on any atom is 0.249 e. The number of amides is 1. The number of anilines is 1. The molecule has 1 unspecified atom stereocenters. The molecule has 6 nitrogen and oxygen atoms in total. The first-order valence-electron chi connectivity index (χ1n) is 7.89. The summed E-state index contributed by atoms with van der Waals surface area (Å²) in [4.78, 5) is 32.9. The zero-order valence-electron chi connectivity index (χ0n) is 14.7. The molecule has 0 saturated carbocycles. The molecule has 0 aliphatic carbocycles. The van der Waals surface area contributed by atoms with Gasteiger partial charge in [-0.05, 0) is 30.5 Å². The van der Waals surface area contributed by atoms with E-state index in [9.17, 15) is 19.2 Å². The van der Waals surface area contributed by atoms with Crippen LogP contribution in [0.4, 0.5) is 10.1 Å². The number of rotatable bonds is 5. The molecule has 2 aromatic heterocycles. The third-order valence-electron chi connectivity index (χ3n) is 3.79. The third kappa shape index (κ3) is 4.41. The Morgan fingerprint density at radius 2 is 1.96 bits per heavy atom. The predicted octanol–water partition coefficient (Wildman–Crippen LogP) is 4.32. The number of nitriles is 1. The second kappa shape index (κ2) is 8.42. The number of hydrogen-bond acceptors (Lipinski definition) is 5. The second-order valence-corrected chi connectivity index (χ2v) is 6.77. The molecular weight excluding hydrogens is 394 g/mol. The molecule has 0 radical (unpaired) electrons. The standard InChI is InChI=1S/C18H15Cl2FN4O2/c1-8(2)13-14(9(3)4-5-23-13)24-18(27)11(7-22)15(26)10-6-12(21)17(20)25-16(10)19/h4-6,8,11H,1-3H3,(H,24,27). The molecule has 27 heavy (non-hydrogen) atoms. The van der Waals surface area contributed by atoms with E-state index in [0.29, 0.717) is 11.4 Å². The van der Waals surface area contributed by atoms with Gasteiger partial charge in [-0.2, -0.15) is 5.26 Å². The number of hydrogen-bond donors (Lipinski definition) is 1. The lowest BCUT2D eigenvalue weighted by Gasteiger charge is -2.16. The fourth-order valence-electron chi connectivity index (χ4n) is 2.39. The minimum atomic E-state index is -1.75. The van der Waals surface area contributed by atoms with Crippen molar-refractivity contribution in [3.05, 3.63) is 51.3 Å². The first-order valence-corrected chi connectivity index (χ1v) is 8.64. The van der Waals surface area contributed by atoms with Crippen LogP contribution in [0.5, 0.6) is 0 Å². The Bertz CT molecular complexity index is 957. The van der Waals surface area contributed by atoms with Crippen LogP contribution in [-0.2, 0) is 4.79 Å². The lowest BCUT2D eigenvalue weighted by Crippen LogP contribution is -2.30. The Hall–Kier alpha value is -2.56. The van der Waals surface area contributed by atoms with E-state index in [1.165, 1.54) is 0 Å². The van der Waals surface area contributed by atoms with E-state index >= 15 is 0 Å². The molecule has 9 heteroatoms. The van der Waals surface area contributed by atoms with Gasteiger partial charge in [-0.25, -0.2) is 9.37 Å². The molecule has 0 bridgehead atoms. The molecule has 1 N–H and O–H groups in total. The lowest BCUT2D eigenvalue weighted by molar-refractivity contribution is -0.117. The molecule has 2 heterocycles. The van der Waals surface area contributed by atoms with Gasteiger partial charge in [0.15, 0.2) is 22.7 Å². The van der Waals surface area contributed by atoms with Crippen molar-refractivity contribution in [3.8, 4) is 6.07 Å². The number of carbonyl (C=O) groups excluding carboxylic acids is 2. The Kier molecular flexibility index (Phi) is 6.47. The van der Waals surface area contributed by atoms with E-state index < -0.39 is 34.1 Å². The molecule has 0 aromatic carbocycles. The number of carbonyl (C=O) groups is 2. The maximum absolute atomic E-state index is 13.6. The molecule has 0 aliphatic rings. The monoisotopic (exact) mass is 408 g/mol. The normalized spacial score (nSPS) is 11.8. The number of Topliss-reactive ketones (excluding diaryl/α,β-unsaturated/α-hetero) is 1. The summed E-state index contributed by atoms with van der Waals surface area (Å²) in [6.45, 7) is 5.56. The van der Waals surface area contributed by atoms with E-state index in [1.807, 2.05) is 13.8 Å². The van der Waals surface area contributed by atoms with E-state index in [-0.39, 0.29) is 11.1 Å². The summed E-state index contributed by atoms with van der Waals surface area (Å²) in [7, 11) is 0. The molecule has 0 saturated heterocycles. The van der Waals surface area contributed by atoms with Crippen LogP contribution in [0.25, 0.3) is 0 Å². The zero-order chi connectivity index (χ0) is 20.3. The number of pyridine rings is 2. The minimum absolute atomic E-state index is 0.000410. The summed E-state index contributed by atoms with van der Waals surface area (Å²) in [5.41, 5.74) is 1.37. The quantitative estimate of drug-likeness (QED) is 0.451. The molecule has 0 spiro atoms. The Morgan fingerprint density at radius 1 is 1.30 bits per heavy atom. The molecule has 0 fully saturated rings. The van der Waals surface area contributed by atoms with Crippen molar-refractivity contribution in [2.45, 2.75) is 26.7 Å². The van der Waals surface area contributed by atoms with Crippen molar-refractivity contribution in [2.75, 3.05) is 5.32 Å². The summed E-state index contributed by atoms with van der Waals surface area (Å²) in [5, 5.41) is 11.0. The van der Waals surface area contributed by atoms with Gasteiger partial charge >= 0.3 is 0 Å². The Morgan fingerprint density at radius 3 is 2.56 bits per heavy atom. The van der Waals surface area contributed by atoms with Crippen LogP contribution in [-0.4, -0.2) is 21.7 Å². The van der Waals surface area contributed by atoms with Gasteiger partial charge < -0.3 is 5.32 Å². The Balaban J connectivity index is 2.37. The fraction of sp³-hybridized carbons (Fsp3) is 0.278. The average molecular weight is 409 g/mol. The first-order chi connectivity index (χ1) is 12.7. The highest BCUT2D eigenvalue weighted by atomic mass is 35.5. The summed E-state index contributed by atoms with van der Waals surface area (Å²) < 4.78 is 13.6. The van der Waals surface area contributed by atoms with Gasteiger partial charge in [0.1, 0.15) is 5.15 Å².